The van der Waals surface area contributed by atoms with Gasteiger partial charge in [-0.05, 0) is 124 Å². The molecule has 0 aliphatic heterocycles. The number of rotatable bonds is 4. The van der Waals surface area contributed by atoms with Gasteiger partial charge >= 0.3 is 0 Å². The molecule has 0 spiro atoms. The fourth-order valence-electron chi connectivity index (χ4n) is 10.7. The number of hydrogen-bond donors (Lipinski definition) is 0. The van der Waals surface area contributed by atoms with Gasteiger partial charge in [0, 0.05) is 45.9 Å². The fraction of sp³-hybridized carbons (Fsp3) is 0.103. The molecule has 2 aromatic heterocycles. The normalized spacial score (nSPS) is 14.3. The minimum atomic E-state index is -0.111. The third kappa shape index (κ3) is 4.94. The van der Waals surface area contributed by atoms with Crippen molar-refractivity contribution in [1.82, 2.24) is 9.97 Å². The van der Waals surface area contributed by atoms with Crippen LogP contribution in [0.5, 0.6) is 0 Å². The molecule has 2 aliphatic carbocycles. The van der Waals surface area contributed by atoms with E-state index in [2.05, 4.69) is 196 Å². The highest BCUT2D eigenvalue weighted by Crippen LogP contribution is 2.53. The summed E-state index contributed by atoms with van der Waals surface area (Å²) >= 11 is 0. The van der Waals surface area contributed by atoms with Crippen LogP contribution in [0.2, 0.25) is 0 Å². The van der Waals surface area contributed by atoms with Gasteiger partial charge in [0.1, 0.15) is 0 Å². The SMILES string of the molecule is CC1(C)c2ccccc2-c2ccc(-c3c4ccccc4c(-c4ccc5c(c4)C(C)(C)c4ccccc4-5)c4cc(-c5ccc(-c6cncc7ccccc67)nc5)ccc34)cc21. The van der Waals surface area contributed by atoms with Crippen molar-refractivity contribution in [1.29, 1.82) is 0 Å². The van der Waals surface area contributed by atoms with E-state index in [1.807, 2.05) is 18.6 Å². The lowest BCUT2D eigenvalue weighted by atomic mass is 9.79. The number of aromatic nitrogens is 2. The Morgan fingerprint density at radius 2 is 0.833 bits per heavy atom. The first-order valence-corrected chi connectivity index (χ1v) is 21.0. The van der Waals surface area contributed by atoms with Gasteiger partial charge in [-0.15, -0.1) is 0 Å². The summed E-state index contributed by atoms with van der Waals surface area (Å²) in [5.74, 6) is 0. The molecule has 0 bridgehead atoms. The highest BCUT2D eigenvalue weighted by atomic mass is 14.7. The number of pyridine rings is 2. The molecule has 0 saturated heterocycles. The lowest BCUT2D eigenvalue weighted by Crippen LogP contribution is -2.15. The lowest BCUT2D eigenvalue weighted by Gasteiger charge is -2.24. The second-order valence-corrected chi connectivity index (χ2v) is 17.8. The zero-order chi connectivity index (χ0) is 40.3. The molecule has 0 saturated carbocycles. The molecule has 0 N–H and O–H groups in total. The second kappa shape index (κ2) is 12.7. The summed E-state index contributed by atoms with van der Waals surface area (Å²) in [6.07, 6.45) is 5.87. The lowest BCUT2D eigenvalue weighted by molar-refractivity contribution is 0.660. The van der Waals surface area contributed by atoms with Gasteiger partial charge < -0.3 is 0 Å². The Morgan fingerprint density at radius 3 is 1.45 bits per heavy atom. The van der Waals surface area contributed by atoms with Crippen molar-refractivity contribution in [3.05, 3.63) is 205 Å². The maximum absolute atomic E-state index is 5.05. The topological polar surface area (TPSA) is 25.8 Å². The first-order chi connectivity index (χ1) is 29.3. The third-order valence-corrected chi connectivity index (χ3v) is 13.8. The minimum Gasteiger partial charge on any atom is -0.263 e. The minimum absolute atomic E-state index is 0.100. The Kier molecular flexibility index (Phi) is 7.36. The predicted octanol–water partition coefficient (Wildman–Crippen LogP) is 15.2. The third-order valence-electron chi connectivity index (χ3n) is 13.8. The molecule has 10 aromatic rings. The van der Waals surface area contributed by atoms with E-state index in [0.717, 1.165) is 33.2 Å². The highest BCUT2D eigenvalue weighted by Gasteiger charge is 2.37. The maximum atomic E-state index is 5.05. The van der Waals surface area contributed by atoms with Crippen molar-refractivity contribution in [2.24, 2.45) is 0 Å². The van der Waals surface area contributed by atoms with Crippen molar-refractivity contribution in [2.75, 3.05) is 0 Å². The number of benzene rings is 8. The van der Waals surface area contributed by atoms with E-state index in [0.29, 0.717) is 0 Å². The Morgan fingerprint density at radius 1 is 0.333 bits per heavy atom. The molecular formula is C58H42N2. The van der Waals surface area contributed by atoms with Crippen LogP contribution in [0.25, 0.3) is 99.2 Å². The van der Waals surface area contributed by atoms with Crippen LogP contribution in [-0.4, -0.2) is 9.97 Å². The van der Waals surface area contributed by atoms with E-state index in [4.69, 9.17) is 4.98 Å². The van der Waals surface area contributed by atoms with Crippen LogP contribution < -0.4 is 0 Å². The maximum Gasteiger partial charge on any atom is 0.0724 e. The van der Waals surface area contributed by atoms with Gasteiger partial charge in [-0.25, -0.2) is 0 Å². The zero-order valence-electron chi connectivity index (χ0n) is 34.2. The molecule has 12 rings (SSSR count). The molecule has 2 heterocycles. The van der Waals surface area contributed by atoms with Crippen molar-refractivity contribution < 1.29 is 0 Å². The summed E-state index contributed by atoms with van der Waals surface area (Å²) in [7, 11) is 0. The Labute approximate surface area is 350 Å². The molecule has 2 nitrogen and oxygen atoms in total. The molecule has 284 valence electrons. The van der Waals surface area contributed by atoms with E-state index in [9.17, 15) is 0 Å². The molecule has 0 radical (unpaired) electrons. The smallest absolute Gasteiger partial charge is 0.0724 e. The Balaban J connectivity index is 1.09. The predicted molar refractivity (Wildman–Crippen MR) is 251 cm³/mol. The largest absolute Gasteiger partial charge is 0.263 e. The van der Waals surface area contributed by atoms with Gasteiger partial charge in [-0.3, -0.25) is 9.97 Å². The molecule has 0 unspecified atom stereocenters. The zero-order valence-corrected chi connectivity index (χ0v) is 34.2. The van der Waals surface area contributed by atoms with Crippen LogP contribution >= 0.6 is 0 Å². The molecule has 0 atom stereocenters. The van der Waals surface area contributed by atoms with E-state index >= 15 is 0 Å². The average molecular weight is 767 g/mol. The summed E-state index contributed by atoms with van der Waals surface area (Å²) in [6.45, 7) is 9.49. The Hall–Kier alpha value is -7.16. The fourth-order valence-corrected chi connectivity index (χ4v) is 10.7. The monoisotopic (exact) mass is 766 g/mol. The van der Waals surface area contributed by atoms with Crippen LogP contribution in [0.1, 0.15) is 49.9 Å². The van der Waals surface area contributed by atoms with Gasteiger partial charge in [0.05, 0.1) is 5.69 Å². The highest BCUT2D eigenvalue weighted by molar-refractivity contribution is 6.22. The molecular weight excluding hydrogens is 725 g/mol. The second-order valence-electron chi connectivity index (χ2n) is 17.8. The summed E-state index contributed by atoms with van der Waals surface area (Å²) in [5, 5.41) is 7.27. The molecule has 0 amide bonds. The molecule has 2 aliphatic rings. The van der Waals surface area contributed by atoms with Crippen LogP contribution in [0.15, 0.2) is 182 Å². The summed E-state index contributed by atoms with van der Waals surface area (Å²) in [5.41, 5.74) is 19.9. The van der Waals surface area contributed by atoms with Crippen molar-refractivity contribution >= 4 is 32.3 Å². The first-order valence-electron chi connectivity index (χ1n) is 21.0. The summed E-state index contributed by atoms with van der Waals surface area (Å²) in [6, 6.07) is 61.1. The molecule has 60 heavy (non-hydrogen) atoms. The standard InChI is InChI=1S/C58H42N2/c1-57(2)50-19-11-9-15-41(50)43-25-22-36(30-52(43)57)55-45-17-7-8-18-46(45)56(37-23-26-44-42-16-10-12-20-51(42)58(3,4)53(44)31-37)48-29-35(21-27-47(48)55)38-24-28-54(60-33-38)49-34-59-32-39-13-5-6-14-40(39)49/h5-34H,1-4H3. The number of fused-ring (bicyclic) bond motifs is 9. The number of hydrogen-bond acceptors (Lipinski definition) is 2. The van der Waals surface area contributed by atoms with Crippen LogP contribution in [0, 0.1) is 0 Å². The number of nitrogens with zero attached hydrogens (tertiary/aromatic N) is 2. The van der Waals surface area contributed by atoms with Crippen molar-refractivity contribution in [3.8, 4) is 66.9 Å². The first kappa shape index (κ1) is 34.8. The van der Waals surface area contributed by atoms with E-state index in [1.165, 1.54) is 88.3 Å². The van der Waals surface area contributed by atoms with Crippen molar-refractivity contribution in [3.63, 3.8) is 0 Å². The van der Waals surface area contributed by atoms with Gasteiger partial charge in [-0.2, -0.15) is 0 Å². The van der Waals surface area contributed by atoms with Gasteiger partial charge in [0.2, 0.25) is 0 Å². The van der Waals surface area contributed by atoms with Crippen LogP contribution in [0.3, 0.4) is 0 Å². The van der Waals surface area contributed by atoms with Crippen LogP contribution in [0.4, 0.5) is 0 Å². The quantitative estimate of drug-likeness (QED) is 0.167. The summed E-state index contributed by atoms with van der Waals surface area (Å²) in [4.78, 5) is 9.59. The van der Waals surface area contributed by atoms with E-state index < -0.39 is 0 Å². The molecule has 0 fully saturated rings. The molecule has 8 aromatic carbocycles. The van der Waals surface area contributed by atoms with Crippen LogP contribution in [-0.2, 0) is 10.8 Å². The summed E-state index contributed by atoms with van der Waals surface area (Å²) < 4.78 is 0. The Bertz CT molecular complexity index is 3420. The average Bonchev–Trinajstić information content (AvgIpc) is 3.66. The van der Waals surface area contributed by atoms with Gasteiger partial charge in [0.25, 0.3) is 0 Å². The van der Waals surface area contributed by atoms with Gasteiger partial charge in [-0.1, -0.05) is 167 Å². The van der Waals surface area contributed by atoms with E-state index in [1.54, 1.807) is 0 Å². The molecule has 2 heteroatoms. The van der Waals surface area contributed by atoms with E-state index in [-0.39, 0.29) is 10.8 Å². The van der Waals surface area contributed by atoms with Gasteiger partial charge in [0.15, 0.2) is 0 Å². The van der Waals surface area contributed by atoms with Crippen molar-refractivity contribution in [2.45, 2.75) is 38.5 Å².